The highest BCUT2D eigenvalue weighted by Crippen LogP contribution is 2.53. The van der Waals surface area contributed by atoms with Crippen molar-refractivity contribution in [2.75, 3.05) is 6.61 Å². The Kier molecular flexibility index (Phi) is 11.8. The maximum atomic E-state index is 13.5. The third-order valence-corrected chi connectivity index (χ3v) is 12.0. The van der Waals surface area contributed by atoms with Crippen LogP contribution in [0, 0.1) is 5.92 Å². The first-order chi connectivity index (χ1) is 24.4. The minimum Gasteiger partial charge on any atom is -0.490 e. The summed E-state index contributed by atoms with van der Waals surface area (Å²) in [4.78, 5) is 17.3. The molecular formula is C37H45ClN2O10S. The summed E-state index contributed by atoms with van der Waals surface area (Å²) < 4.78 is 42.4. The standard InChI is InChI=1S/C37H45ClN2O10S/c38-30-10-9-26(51(47,48)40-24-6-5-22(17-24)31(42)11-12-32(43)35(45)36(46)33(44)20-41)18-23(30)21-49-37(14-15-37)29-19-39-16-13-27(29)28-3-1-2-4-34(28)50-25-7-8-25/h1-4,9-10,13,16,18-19,22,24-25,32-33,35-36,40-41,43-46H,5-8,11-12,14-15,17,20-21H2/t22?,24?,32-,33+,35+,36+/m0/s1. The van der Waals surface area contributed by atoms with E-state index in [0.717, 1.165) is 48.1 Å². The van der Waals surface area contributed by atoms with E-state index in [1.54, 1.807) is 6.20 Å². The molecule has 276 valence electrons. The van der Waals surface area contributed by atoms with Gasteiger partial charge in [-0.15, -0.1) is 0 Å². The van der Waals surface area contributed by atoms with Crippen molar-refractivity contribution >= 4 is 27.4 Å². The first-order valence-corrected chi connectivity index (χ1v) is 19.3. The Hall–Kier alpha value is -2.98. The van der Waals surface area contributed by atoms with Crippen LogP contribution < -0.4 is 9.46 Å². The number of nitrogens with one attached hydrogen (secondary N) is 1. The fourth-order valence-corrected chi connectivity index (χ4v) is 8.20. The molecule has 0 bridgehead atoms. The van der Waals surface area contributed by atoms with Crippen molar-refractivity contribution in [3.8, 4) is 16.9 Å². The molecule has 2 unspecified atom stereocenters. The van der Waals surface area contributed by atoms with Crippen LogP contribution in [0.5, 0.6) is 5.75 Å². The number of para-hydroxylation sites is 1. The predicted octanol–water partition coefficient (Wildman–Crippen LogP) is 3.38. The molecule has 3 aliphatic rings. The van der Waals surface area contributed by atoms with Crippen molar-refractivity contribution < 1.29 is 48.2 Å². The van der Waals surface area contributed by atoms with Gasteiger partial charge in [-0.25, -0.2) is 13.1 Å². The zero-order valence-electron chi connectivity index (χ0n) is 28.1. The summed E-state index contributed by atoms with van der Waals surface area (Å²) in [6.45, 7) is -0.720. The van der Waals surface area contributed by atoms with E-state index in [1.807, 2.05) is 36.5 Å². The van der Waals surface area contributed by atoms with Gasteiger partial charge in [-0.3, -0.25) is 9.78 Å². The largest absolute Gasteiger partial charge is 0.490 e. The Morgan fingerprint density at radius 3 is 2.45 bits per heavy atom. The number of halogens is 1. The van der Waals surface area contributed by atoms with Crippen LogP contribution in [0.3, 0.4) is 0 Å². The van der Waals surface area contributed by atoms with Crippen LogP contribution in [0.1, 0.15) is 68.9 Å². The van der Waals surface area contributed by atoms with E-state index in [4.69, 9.17) is 26.2 Å². The second-order valence-corrected chi connectivity index (χ2v) is 16.0. The highest BCUT2D eigenvalue weighted by Gasteiger charge is 2.48. The quantitative estimate of drug-likeness (QED) is 0.112. The van der Waals surface area contributed by atoms with Gasteiger partial charge in [-0.1, -0.05) is 29.8 Å². The zero-order chi connectivity index (χ0) is 36.3. The number of aromatic nitrogens is 1. The summed E-state index contributed by atoms with van der Waals surface area (Å²) >= 11 is 6.55. The zero-order valence-corrected chi connectivity index (χ0v) is 29.7. The van der Waals surface area contributed by atoms with Crippen LogP contribution in [0.4, 0.5) is 0 Å². The van der Waals surface area contributed by atoms with Crippen LogP contribution in [-0.2, 0) is 31.8 Å². The number of ketones is 1. The third-order valence-electron chi connectivity index (χ3n) is 10.1. The maximum absolute atomic E-state index is 13.5. The van der Waals surface area contributed by atoms with Gasteiger partial charge in [-0.2, -0.15) is 0 Å². The van der Waals surface area contributed by atoms with E-state index in [2.05, 4.69) is 9.71 Å². The molecule has 12 nitrogen and oxygen atoms in total. The van der Waals surface area contributed by atoms with Crippen molar-refractivity contribution in [1.29, 1.82) is 0 Å². The van der Waals surface area contributed by atoms with E-state index in [1.165, 1.54) is 18.2 Å². The molecule has 14 heteroatoms. The number of benzene rings is 2. The van der Waals surface area contributed by atoms with E-state index >= 15 is 0 Å². The fourth-order valence-electron chi connectivity index (χ4n) is 6.70. The number of carbonyl (C=O) groups is 1. The Morgan fingerprint density at radius 2 is 1.73 bits per heavy atom. The van der Waals surface area contributed by atoms with Crippen LogP contribution in [-0.4, -0.2) is 87.9 Å². The molecule has 6 N–H and O–H groups in total. The van der Waals surface area contributed by atoms with Crippen LogP contribution >= 0.6 is 11.6 Å². The number of sulfonamides is 1. The fraction of sp³-hybridized carbons (Fsp3) is 0.514. The topological polar surface area (TPSA) is 196 Å². The van der Waals surface area contributed by atoms with Gasteiger partial charge in [0.15, 0.2) is 0 Å². The lowest BCUT2D eigenvalue weighted by Crippen LogP contribution is -2.46. The average Bonchev–Trinajstić information content (AvgIpc) is 4.07. The lowest BCUT2D eigenvalue weighted by molar-refractivity contribution is -0.127. The molecule has 2 aromatic carbocycles. The number of aliphatic hydroxyl groups is 5. The highest BCUT2D eigenvalue weighted by molar-refractivity contribution is 7.89. The molecule has 0 aliphatic heterocycles. The predicted molar refractivity (Wildman–Crippen MR) is 187 cm³/mol. The number of rotatable bonds is 18. The third kappa shape index (κ3) is 8.98. The number of hydrogen-bond acceptors (Lipinski definition) is 11. The molecule has 0 radical (unpaired) electrons. The minimum atomic E-state index is -3.98. The van der Waals surface area contributed by atoms with E-state index in [9.17, 15) is 33.6 Å². The van der Waals surface area contributed by atoms with Gasteiger partial charge < -0.3 is 35.0 Å². The SMILES string of the molecule is O=C(CC[C@H](O)[C@@H](O)[C@H](O)[C@H](O)CO)C1CCC(NS(=O)(=O)c2ccc(Cl)c(COC3(c4cnccc4-c4ccccc4OC4CC4)CC3)c2)C1. The lowest BCUT2D eigenvalue weighted by Gasteiger charge is -2.25. The molecule has 6 atom stereocenters. The number of pyridine rings is 1. The number of Topliss-reactive ketones (excluding diaryl/α,β-unsaturated/α-hetero) is 1. The van der Waals surface area contributed by atoms with E-state index in [-0.39, 0.29) is 42.7 Å². The summed E-state index contributed by atoms with van der Waals surface area (Å²) in [5, 5.41) is 48.8. The number of carbonyl (C=O) groups excluding carboxylic acids is 1. The first kappa shape index (κ1) is 37.8. The van der Waals surface area contributed by atoms with Crippen molar-refractivity contribution in [1.82, 2.24) is 9.71 Å². The van der Waals surface area contributed by atoms with Gasteiger partial charge >= 0.3 is 0 Å². The Balaban J connectivity index is 1.07. The minimum absolute atomic E-state index is 0.0269. The van der Waals surface area contributed by atoms with Gasteiger partial charge in [0, 0.05) is 46.9 Å². The molecule has 3 aliphatic carbocycles. The van der Waals surface area contributed by atoms with Crippen molar-refractivity contribution in [3.05, 3.63) is 77.1 Å². The van der Waals surface area contributed by atoms with Gasteiger partial charge in [0.1, 0.15) is 29.8 Å². The summed E-state index contributed by atoms with van der Waals surface area (Å²) in [6, 6.07) is 13.9. The van der Waals surface area contributed by atoms with Crippen molar-refractivity contribution in [3.63, 3.8) is 0 Å². The molecule has 1 aromatic heterocycles. The summed E-state index contributed by atoms with van der Waals surface area (Å²) in [7, 11) is -3.98. The number of hydrogen-bond donors (Lipinski definition) is 6. The Bertz CT molecular complexity index is 1800. The Morgan fingerprint density at radius 1 is 0.980 bits per heavy atom. The second-order valence-electron chi connectivity index (χ2n) is 13.9. The van der Waals surface area contributed by atoms with E-state index in [0.29, 0.717) is 23.4 Å². The average molecular weight is 745 g/mol. The first-order valence-electron chi connectivity index (χ1n) is 17.4. The molecular weight excluding hydrogens is 700 g/mol. The lowest BCUT2D eigenvalue weighted by atomic mass is 9.94. The summed E-state index contributed by atoms with van der Waals surface area (Å²) in [6.07, 6.45) is 1.70. The van der Waals surface area contributed by atoms with Crippen LogP contribution in [0.25, 0.3) is 11.1 Å². The van der Waals surface area contributed by atoms with Crippen LogP contribution in [0.2, 0.25) is 5.02 Å². The number of nitrogens with zero attached hydrogens (tertiary/aromatic N) is 1. The summed E-state index contributed by atoms with van der Waals surface area (Å²) in [5.41, 5.74) is 2.80. The maximum Gasteiger partial charge on any atom is 0.240 e. The van der Waals surface area contributed by atoms with Gasteiger partial charge in [0.2, 0.25) is 10.0 Å². The molecule has 3 aromatic rings. The molecule has 51 heavy (non-hydrogen) atoms. The second kappa shape index (κ2) is 15.9. The molecule has 0 saturated heterocycles. The van der Waals surface area contributed by atoms with Gasteiger partial charge in [0.25, 0.3) is 0 Å². The van der Waals surface area contributed by atoms with Gasteiger partial charge in [-0.05, 0) is 92.8 Å². The molecule has 0 spiro atoms. The van der Waals surface area contributed by atoms with Crippen LogP contribution in [0.15, 0.2) is 65.8 Å². The number of aliphatic hydroxyl groups excluding tert-OH is 5. The Labute approximate surface area is 302 Å². The van der Waals surface area contributed by atoms with E-state index < -0.39 is 58.6 Å². The van der Waals surface area contributed by atoms with Crippen molar-refractivity contribution in [2.45, 2.75) is 111 Å². The smallest absolute Gasteiger partial charge is 0.240 e. The molecule has 0 amide bonds. The van der Waals surface area contributed by atoms with Gasteiger partial charge in [0.05, 0.1) is 35.9 Å². The normalized spacial score (nSPS) is 22.2. The number of ether oxygens (including phenoxy) is 2. The molecule has 1 heterocycles. The molecule has 3 saturated carbocycles. The van der Waals surface area contributed by atoms with Crippen molar-refractivity contribution in [2.24, 2.45) is 5.92 Å². The monoisotopic (exact) mass is 744 g/mol. The molecule has 6 rings (SSSR count). The molecule has 3 fully saturated rings. The highest BCUT2D eigenvalue weighted by atomic mass is 35.5. The summed E-state index contributed by atoms with van der Waals surface area (Å²) in [5.74, 6) is 0.181.